The molecule has 1 heterocycles. The van der Waals surface area contributed by atoms with E-state index in [-0.39, 0.29) is 7.43 Å². The van der Waals surface area contributed by atoms with Gasteiger partial charge in [0.05, 0.1) is 14.1 Å². The Morgan fingerprint density at radius 3 is 2.22 bits per heavy atom. The fraction of sp³-hybridized carbons (Fsp3) is 0.263. The molecule has 146 valence electrons. The van der Waals surface area contributed by atoms with Gasteiger partial charge in [-0.1, -0.05) is 42.9 Å². The number of oxime groups is 1. The number of pyridine rings is 1. The monoisotopic (exact) mass is 375 g/mol. The largest absolute Gasteiger partial charge is 0.539 e. The SMILES string of the molecule is C.C[NH+](C)CCO/N=C(\c1ccccc1)c1cccnc1.O=C([O-])C(=O)O. The Kier molecular flexibility index (Phi) is 11.4. The minimum absolute atomic E-state index is 0. The number of carboxylic acid groups (broad SMARTS) is 2. The van der Waals surface area contributed by atoms with Crippen LogP contribution in [0.15, 0.2) is 60.0 Å². The highest BCUT2D eigenvalue weighted by atomic mass is 16.6. The second-order valence-electron chi connectivity index (χ2n) is 5.43. The third kappa shape index (κ3) is 9.71. The van der Waals surface area contributed by atoms with Crippen molar-refractivity contribution >= 4 is 17.7 Å². The van der Waals surface area contributed by atoms with Crippen molar-refractivity contribution in [3.8, 4) is 0 Å². The van der Waals surface area contributed by atoms with Crippen molar-refractivity contribution in [3.05, 3.63) is 66.0 Å². The summed E-state index contributed by atoms with van der Waals surface area (Å²) < 4.78 is 0. The van der Waals surface area contributed by atoms with Gasteiger partial charge < -0.3 is 24.7 Å². The van der Waals surface area contributed by atoms with E-state index in [1.54, 1.807) is 12.4 Å². The number of rotatable bonds is 6. The molecule has 2 N–H and O–H groups in total. The minimum Gasteiger partial charge on any atom is -0.539 e. The lowest BCUT2D eigenvalue weighted by Gasteiger charge is -2.08. The number of likely N-dealkylation sites (N-methyl/N-ethyl adjacent to an activating group) is 1. The first-order chi connectivity index (χ1) is 12.4. The summed E-state index contributed by atoms with van der Waals surface area (Å²) in [5.74, 6) is -4.01. The quantitative estimate of drug-likeness (QED) is 0.303. The van der Waals surface area contributed by atoms with Crippen molar-refractivity contribution in [3.63, 3.8) is 0 Å². The van der Waals surface area contributed by atoms with Gasteiger partial charge in [0, 0.05) is 23.5 Å². The molecule has 0 bridgehead atoms. The van der Waals surface area contributed by atoms with Gasteiger partial charge in [-0.05, 0) is 12.1 Å². The number of hydrogen-bond acceptors (Lipinski definition) is 6. The average Bonchev–Trinajstić information content (AvgIpc) is 2.63. The average molecular weight is 375 g/mol. The van der Waals surface area contributed by atoms with Gasteiger partial charge in [-0.15, -0.1) is 0 Å². The summed E-state index contributed by atoms with van der Waals surface area (Å²) in [4.78, 5) is 29.0. The van der Waals surface area contributed by atoms with Crippen LogP contribution in [0.1, 0.15) is 18.6 Å². The van der Waals surface area contributed by atoms with Crippen LogP contribution in [0.2, 0.25) is 0 Å². The Morgan fingerprint density at radius 2 is 1.74 bits per heavy atom. The molecule has 0 fully saturated rings. The summed E-state index contributed by atoms with van der Waals surface area (Å²) in [5, 5.41) is 20.6. The maximum absolute atomic E-state index is 9.04. The Labute approximate surface area is 158 Å². The molecule has 1 aromatic carbocycles. The number of nitrogens with one attached hydrogen (secondary N) is 1. The summed E-state index contributed by atoms with van der Waals surface area (Å²) in [7, 11) is 4.18. The predicted molar refractivity (Wildman–Crippen MR) is 99.3 cm³/mol. The number of nitrogens with zero attached hydrogens (tertiary/aromatic N) is 2. The fourth-order valence-electron chi connectivity index (χ4n) is 1.73. The van der Waals surface area contributed by atoms with Crippen molar-refractivity contribution in [2.24, 2.45) is 5.16 Å². The van der Waals surface area contributed by atoms with Crippen LogP contribution < -0.4 is 10.0 Å². The molecule has 2 rings (SSSR count). The van der Waals surface area contributed by atoms with Crippen molar-refractivity contribution in [1.82, 2.24) is 4.98 Å². The van der Waals surface area contributed by atoms with Crippen LogP contribution in [0, 0.1) is 0 Å². The Hall–Kier alpha value is -3.26. The van der Waals surface area contributed by atoms with Crippen molar-refractivity contribution in [2.45, 2.75) is 7.43 Å². The van der Waals surface area contributed by atoms with Crippen LogP contribution >= 0.6 is 0 Å². The number of carboxylic acids is 2. The second-order valence-corrected chi connectivity index (χ2v) is 5.43. The van der Waals surface area contributed by atoms with E-state index in [1.165, 1.54) is 4.90 Å². The predicted octanol–water partition coefficient (Wildman–Crippen LogP) is -0.548. The first kappa shape index (κ1) is 23.7. The molecule has 0 unspecified atom stereocenters. The van der Waals surface area contributed by atoms with Gasteiger partial charge >= 0.3 is 5.97 Å². The molecular weight excluding hydrogens is 350 g/mol. The van der Waals surface area contributed by atoms with Gasteiger partial charge in [0.2, 0.25) is 0 Å². The van der Waals surface area contributed by atoms with E-state index in [0.29, 0.717) is 6.61 Å². The summed E-state index contributed by atoms with van der Waals surface area (Å²) in [5.41, 5.74) is 2.79. The molecule has 0 saturated carbocycles. The Bertz CT molecular complexity index is 665. The molecule has 0 spiro atoms. The number of carbonyl (C=O) groups excluding carboxylic acids is 1. The summed E-state index contributed by atoms with van der Waals surface area (Å²) in [6.07, 6.45) is 3.55. The van der Waals surface area contributed by atoms with E-state index in [1.807, 2.05) is 42.5 Å². The number of quaternary nitrogens is 1. The first-order valence-electron chi connectivity index (χ1n) is 7.81. The maximum Gasteiger partial charge on any atom is 0.351 e. The lowest BCUT2D eigenvalue weighted by Crippen LogP contribution is -3.06. The molecule has 0 radical (unpaired) electrons. The van der Waals surface area contributed by atoms with Crippen LogP contribution in [-0.2, 0) is 14.4 Å². The van der Waals surface area contributed by atoms with Gasteiger partial charge in [-0.25, -0.2) is 4.79 Å². The summed E-state index contributed by atoms with van der Waals surface area (Å²) >= 11 is 0. The standard InChI is InChI=1S/C16H19N3O.C2H2O4.CH4/c1-19(2)11-12-20-18-16(14-7-4-3-5-8-14)15-9-6-10-17-13-15;3-1(4)2(5)6;/h3-10,13H,11-12H2,1-2H3;(H,3,4)(H,5,6);1H4/b18-16+;;. The van der Waals surface area contributed by atoms with Crippen molar-refractivity contribution in [1.29, 1.82) is 0 Å². The van der Waals surface area contributed by atoms with Gasteiger partial charge in [0.25, 0.3) is 0 Å². The highest BCUT2D eigenvalue weighted by Crippen LogP contribution is 2.10. The van der Waals surface area contributed by atoms with Crippen LogP contribution in [0.3, 0.4) is 0 Å². The van der Waals surface area contributed by atoms with Gasteiger partial charge in [0.15, 0.2) is 12.6 Å². The second kappa shape index (κ2) is 13.0. The topological polar surface area (TPSA) is 116 Å². The molecule has 27 heavy (non-hydrogen) atoms. The Morgan fingerprint density at radius 1 is 1.15 bits per heavy atom. The molecule has 0 aliphatic rings. The van der Waals surface area contributed by atoms with E-state index >= 15 is 0 Å². The normalized spacial score (nSPS) is 10.3. The molecule has 1 aromatic heterocycles. The third-order valence-corrected chi connectivity index (χ3v) is 3.01. The number of hydrogen-bond donors (Lipinski definition) is 2. The molecule has 8 nitrogen and oxygen atoms in total. The zero-order valence-electron chi connectivity index (χ0n) is 14.6. The van der Waals surface area contributed by atoms with E-state index in [0.717, 1.165) is 23.4 Å². The molecule has 0 aliphatic heterocycles. The number of aliphatic carboxylic acids is 2. The molecule has 8 heteroatoms. The minimum atomic E-state index is -2.07. The lowest BCUT2D eigenvalue weighted by atomic mass is 10.0. The maximum atomic E-state index is 9.04. The number of carbonyl (C=O) groups is 2. The highest BCUT2D eigenvalue weighted by molar-refractivity contribution is 6.26. The number of aromatic nitrogens is 1. The zero-order chi connectivity index (χ0) is 19.4. The van der Waals surface area contributed by atoms with E-state index in [9.17, 15) is 0 Å². The van der Waals surface area contributed by atoms with Gasteiger partial charge in [-0.3, -0.25) is 4.98 Å². The molecule has 0 saturated heterocycles. The van der Waals surface area contributed by atoms with Crippen LogP contribution in [0.25, 0.3) is 0 Å². The molecule has 0 aliphatic carbocycles. The third-order valence-electron chi connectivity index (χ3n) is 3.01. The van der Waals surface area contributed by atoms with Gasteiger partial charge in [-0.2, -0.15) is 0 Å². The Balaban J connectivity index is 0.000000842. The van der Waals surface area contributed by atoms with E-state index in [4.69, 9.17) is 24.6 Å². The smallest absolute Gasteiger partial charge is 0.351 e. The highest BCUT2D eigenvalue weighted by Gasteiger charge is 2.07. The van der Waals surface area contributed by atoms with Crippen LogP contribution in [0.4, 0.5) is 0 Å². The number of benzene rings is 1. The molecular formula is C19H25N3O5. The lowest BCUT2D eigenvalue weighted by molar-refractivity contribution is -0.858. The van der Waals surface area contributed by atoms with Crippen molar-refractivity contribution in [2.75, 3.05) is 27.2 Å². The molecule has 0 amide bonds. The first-order valence-corrected chi connectivity index (χ1v) is 7.81. The van der Waals surface area contributed by atoms with Crippen molar-refractivity contribution < 1.29 is 29.5 Å². The molecule has 0 atom stereocenters. The van der Waals surface area contributed by atoms with Crippen LogP contribution in [-0.4, -0.2) is 55.0 Å². The summed E-state index contributed by atoms with van der Waals surface area (Å²) in [6, 6.07) is 13.9. The van der Waals surface area contributed by atoms with Crippen LogP contribution in [0.5, 0.6) is 0 Å². The van der Waals surface area contributed by atoms with E-state index < -0.39 is 11.9 Å². The zero-order valence-corrected chi connectivity index (χ0v) is 14.6. The summed E-state index contributed by atoms with van der Waals surface area (Å²) in [6.45, 7) is 1.51. The fourth-order valence-corrected chi connectivity index (χ4v) is 1.73. The molecule has 2 aromatic rings. The van der Waals surface area contributed by atoms with Gasteiger partial charge in [0.1, 0.15) is 12.3 Å². The van der Waals surface area contributed by atoms with E-state index in [2.05, 4.69) is 24.2 Å².